The maximum absolute atomic E-state index is 5.11. The molecule has 0 saturated heterocycles. The van der Waals surface area contributed by atoms with Gasteiger partial charge in [-0.1, -0.05) is 209 Å². The number of hydrogen-bond acceptors (Lipinski definition) is 4. The Bertz CT molecular complexity index is 3630. The average Bonchev–Trinajstić information content (AvgIpc) is 3.88. The van der Waals surface area contributed by atoms with Gasteiger partial charge < -0.3 is 9.47 Å². The number of rotatable bonds is 10. The third kappa shape index (κ3) is 7.13. The molecule has 2 aromatic heterocycles. The lowest BCUT2D eigenvalue weighted by Crippen LogP contribution is -2.32. The van der Waals surface area contributed by atoms with E-state index in [2.05, 4.69) is 188 Å². The van der Waals surface area contributed by atoms with Gasteiger partial charge in [-0.25, -0.2) is 15.0 Å². The van der Waals surface area contributed by atoms with E-state index in [1.165, 1.54) is 33.0 Å². The molecule has 5 heteroatoms. The standard InChI is InChI=1S/C64H49N5/c1-5-42(2)43-34-36-49(37-35-43)68(50-38-39-53-52-28-15-16-32-56(52)64(3,4)57(53)41-50)58-33-19-31-55-54-30-18-29-51(59(54)69(60(55)58)48-26-13-8-14-27-48)46-24-17-25-47(40-46)63-66-61(44-20-9-6-10-21-44)65-62(67-63)45-22-11-7-12-23-45/h5-37,39-41,50H,1-2,38H2,3-4H3. The van der Waals surface area contributed by atoms with Crippen LogP contribution in [0.5, 0.6) is 0 Å². The zero-order chi connectivity index (χ0) is 46.6. The molecule has 330 valence electrons. The quantitative estimate of drug-likeness (QED) is 0.128. The lowest BCUT2D eigenvalue weighted by molar-refractivity contribution is 0.644. The topological polar surface area (TPSA) is 46.8 Å². The Morgan fingerprint density at radius 1 is 0.580 bits per heavy atom. The Balaban J connectivity index is 1.07. The first-order valence-electron chi connectivity index (χ1n) is 23.7. The molecule has 0 saturated carbocycles. The number of fused-ring (bicyclic) bond motifs is 6. The summed E-state index contributed by atoms with van der Waals surface area (Å²) >= 11 is 0. The molecule has 1 atom stereocenters. The summed E-state index contributed by atoms with van der Waals surface area (Å²) in [4.78, 5) is 17.8. The minimum absolute atomic E-state index is 0.0247. The summed E-state index contributed by atoms with van der Waals surface area (Å²) in [5, 5.41) is 2.35. The van der Waals surface area contributed by atoms with Crippen LogP contribution in [0.1, 0.15) is 37.0 Å². The highest BCUT2D eigenvalue weighted by Gasteiger charge is 2.40. The normalized spacial score (nSPS) is 14.7. The molecule has 2 aliphatic carbocycles. The Morgan fingerprint density at radius 3 is 1.81 bits per heavy atom. The number of aromatic nitrogens is 4. The number of anilines is 2. The van der Waals surface area contributed by atoms with Crippen molar-refractivity contribution in [1.82, 2.24) is 19.5 Å². The highest BCUT2D eigenvalue weighted by atomic mass is 15.2. The second-order valence-electron chi connectivity index (χ2n) is 18.5. The van der Waals surface area contributed by atoms with Gasteiger partial charge >= 0.3 is 0 Å². The molecule has 10 aromatic rings. The Morgan fingerprint density at radius 2 is 1.13 bits per heavy atom. The van der Waals surface area contributed by atoms with Gasteiger partial charge in [0.15, 0.2) is 17.5 Å². The van der Waals surface area contributed by atoms with Crippen LogP contribution in [0.4, 0.5) is 11.4 Å². The molecule has 0 aliphatic heterocycles. The third-order valence-electron chi connectivity index (χ3n) is 14.1. The summed E-state index contributed by atoms with van der Waals surface area (Å²) in [6.45, 7) is 13.0. The molecule has 2 heterocycles. The number of benzene rings is 8. The Hall–Kier alpha value is -8.67. The van der Waals surface area contributed by atoms with Crippen LogP contribution in [0, 0.1) is 0 Å². The van der Waals surface area contributed by atoms with Gasteiger partial charge in [-0.05, 0) is 81.8 Å². The molecule has 5 nitrogen and oxygen atoms in total. The van der Waals surface area contributed by atoms with Crippen molar-refractivity contribution in [3.05, 3.63) is 254 Å². The van der Waals surface area contributed by atoms with Gasteiger partial charge in [-0.2, -0.15) is 0 Å². The number of hydrogen-bond donors (Lipinski definition) is 0. The predicted molar refractivity (Wildman–Crippen MR) is 288 cm³/mol. The van der Waals surface area contributed by atoms with Crippen molar-refractivity contribution >= 4 is 44.3 Å². The Kier molecular flexibility index (Phi) is 10.2. The first-order valence-corrected chi connectivity index (χ1v) is 23.7. The van der Waals surface area contributed by atoms with Crippen LogP contribution >= 0.6 is 0 Å². The fourth-order valence-electron chi connectivity index (χ4n) is 10.7. The molecule has 0 amide bonds. The van der Waals surface area contributed by atoms with Gasteiger partial charge in [-0.3, -0.25) is 0 Å². The van der Waals surface area contributed by atoms with E-state index in [1.54, 1.807) is 0 Å². The van der Waals surface area contributed by atoms with Gasteiger partial charge in [0, 0.05) is 49.8 Å². The minimum Gasteiger partial charge on any atom is -0.332 e. The van der Waals surface area contributed by atoms with Crippen LogP contribution in [0.2, 0.25) is 0 Å². The van der Waals surface area contributed by atoms with Crippen molar-refractivity contribution in [1.29, 1.82) is 0 Å². The van der Waals surface area contributed by atoms with Crippen LogP contribution in [0.15, 0.2) is 237 Å². The molecule has 69 heavy (non-hydrogen) atoms. The average molecular weight is 888 g/mol. The first-order chi connectivity index (χ1) is 33.9. The van der Waals surface area contributed by atoms with E-state index in [0.29, 0.717) is 17.5 Å². The Labute approximate surface area is 403 Å². The monoisotopic (exact) mass is 887 g/mol. The zero-order valence-corrected chi connectivity index (χ0v) is 38.7. The smallest absolute Gasteiger partial charge is 0.164 e. The molecule has 0 fully saturated rings. The van der Waals surface area contributed by atoms with E-state index in [0.717, 1.165) is 73.5 Å². The SMILES string of the molecule is C=CC(=C)c1ccc(N(c2cccc3c4cccc(-c5cccc(-c6nc(-c7ccccc7)nc(-c7ccccc7)n6)c5)c4n(-c4ccccc4)c23)C2C=C3C(=CC2)c2ccccc2C3(C)C)cc1. The molecule has 12 rings (SSSR count). The van der Waals surface area contributed by atoms with Gasteiger partial charge in [0.05, 0.1) is 22.8 Å². The molecule has 8 aromatic carbocycles. The second kappa shape index (κ2) is 16.9. The molecule has 2 aliphatic rings. The summed E-state index contributed by atoms with van der Waals surface area (Å²) in [7, 11) is 0. The molecular weight excluding hydrogens is 839 g/mol. The largest absolute Gasteiger partial charge is 0.332 e. The lowest BCUT2D eigenvalue weighted by atomic mass is 9.79. The molecule has 0 bridgehead atoms. The molecule has 0 spiro atoms. The van der Waals surface area contributed by atoms with E-state index in [9.17, 15) is 0 Å². The predicted octanol–water partition coefficient (Wildman–Crippen LogP) is 16.0. The number of allylic oxidation sites excluding steroid dienone is 4. The summed E-state index contributed by atoms with van der Waals surface area (Å²) in [6.07, 6.45) is 7.69. The lowest BCUT2D eigenvalue weighted by Gasteiger charge is -2.36. The fraction of sp³-hybridized carbons (Fsp3) is 0.0781. The van der Waals surface area contributed by atoms with Crippen LogP contribution in [0.3, 0.4) is 0 Å². The van der Waals surface area contributed by atoms with Crippen molar-refractivity contribution in [2.24, 2.45) is 0 Å². The van der Waals surface area contributed by atoms with Crippen molar-refractivity contribution < 1.29 is 0 Å². The third-order valence-corrected chi connectivity index (χ3v) is 14.1. The van der Waals surface area contributed by atoms with Crippen LogP contribution in [-0.4, -0.2) is 25.6 Å². The van der Waals surface area contributed by atoms with Crippen molar-refractivity contribution in [2.45, 2.75) is 31.7 Å². The zero-order valence-electron chi connectivity index (χ0n) is 38.7. The number of para-hydroxylation sites is 3. The highest BCUT2D eigenvalue weighted by Crippen LogP contribution is 2.53. The fourth-order valence-corrected chi connectivity index (χ4v) is 10.7. The van der Waals surface area contributed by atoms with Gasteiger partial charge in [0.2, 0.25) is 0 Å². The maximum atomic E-state index is 5.11. The van der Waals surface area contributed by atoms with Gasteiger partial charge in [0.1, 0.15) is 0 Å². The molecule has 0 radical (unpaired) electrons. The summed E-state index contributed by atoms with van der Waals surface area (Å²) in [5.74, 6) is 1.89. The van der Waals surface area contributed by atoms with Gasteiger partial charge in [0.25, 0.3) is 0 Å². The summed E-state index contributed by atoms with van der Waals surface area (Å²) in [5.41, 5.74) is 17.8. The van der Waals surface area contributed by atoms with Crippen LogP contribution in [0.25, 0.3) is 83.9 Å². The number of nitrogens with zero attached hydrogens (tertiary/aromatic N) is 5. The van der Waals surface area contributed by atoms with Gasteiger partial charge in [-0.15, -0.1) is 0 Å². The van der Waals surface area contributed by atoms with Crippen molar-refractivity contribution in [2.75, 3.05) is 4.90 Å². The molecule has 1 unspecified atom stereocenters. The van der Waals surface area contributed by atoms with E-state index >= 15 is 0 Å². The molecule has 0 N–H and O–H groups in total. The van der Waals surface area contributed by atoms with E-state index < -0.39 is 0 Å². The second-order valence-corrected chi connectivity index (χ2v) is 18.5. The van der Waals surface area contributed by atoms with Crippen LogP contribution in [-0.2, 0) is 5.41 Å². The maximum Gasteiger partial charge on any atom is 0.164 e. The first kappa shape index (κ1) is 41.7. The van der Waals surface area contributed by atoms with Crippen molar-refractivity contribution in [3.8, 4) is 51.0 Å². The minimum atomic E-state index is -0.139. The summed E-state index contributed by atoms with van der Waals surface area (Å²) < 4.78 is 2.49. The van der Waals surface area contributed by atoms with E-state index in [-0.39, 0.29) is 11.5 Å². The van der Waals surface area contributed by atoms with E-state index in [4.69, 9.17) is 15.0 Å². The highest BCUT2D eigenvalue weighted by molar-refractivity contribution is 6.17. The molecular formula is C64H49N5. The summed E-state index contributed by atoms with van der Waals surface area (Å²) in [6, 6.07) is 71.1. The van der Waals surface area contributed by atoms with Crippen molar-refractivity contribution in [3.63, 3.8) is 0 Å². The van der Waals surface area contributed by atoms with E-state index in [1.807, 2.05) is 66.7 Å². The van der Waals surface area contributed by atoms with Crippen LogP contribution < -0.4 is 4.90 Å².